The van der Waals surface area contributed by atoms with Crippen LogP contribution in [-0.4, -0.2) is 103 Å². The molecule has 0 radical (unpaired) electrons. The summed E-state index contributed by atoms with van der Waals surface area (Å²) in [6.07, 6.45) is -0.00254. The first-order chi connectivity index (χ1) is 16.3. The lowest BCUT2D eigenvalue weighted by Crippen LogP contribution is -2.45. The second-order valence-corrected chi connectivity index (χ2v) is 9.85. The number of nitrogens with one attached hydrogen (secondary N) is 1. The molecule has 3 heterocycles. The molecule has 3 rings (SSSR count). The predicted molar refractivity (Wildman–Crippen MR) is 131 cm³/mol. The quantitative estimate of drug-likeness (QED) is 0.332. The Balaban J connectivity index is 1.76. The van der Waals surface area contributed by atoms with Crippen molar-refractivity contribution in [2.75, 3.05) is 59.7 Å². The number of H-pyrrole nitrogens is 1. The van der Waals surface area contributed by atoms with Gasteiger partial charge in [-0.25, -0.2) is 9.78 Å². The number of aryl methyl sites for hydroxylation is 1. The Morgan fingerprint density at radius 3 is 2.76 bits per heavy atom. The molecule has 1 fully saturated rings. The largest absolute Gasteiger partial charge is 0.459 e. The number of β-amino-alcohol motifs (C(OH)–C–C–N with tert-alkyl or cyclic N) is 1. The fourth-order valence-electron chi connectivity index (χ4n) is 4.04. The first-order valence-electron chi connectivity index (χ1n) is 11.7. The van der Waals surface area contributed by atoms with E-state index < -0.39 is 12.1 Å². The van der Waals surface area contributed by atoms with E-state index in [1.165, 1.54) is 11.3 Å². The Kier molecular flexibility index (Phi) is 9.98. The van der Waals surface area contributed by atoms with E-state index in [1.807, 2.05) is 0 Å². The van der Waals surface area contributed by atoms with Gasteiger partial charge in [0.1, 0.15) is 15.5 Å². The maximum absolute atomic E-state index is 12.9. The van der Waals surface area contributed by atoms with E-state index in [-0.39, 0.29) is 11.7 Å². The topological polar surface area (TPSA) is 117 Å². The van der Waals surface area contributed by atoms with Crippen molar-refractivity contribution in [1.29, 1.82) is 0 Å². The molecule has 1 aliphatic rings. The fraction of sp³-hybridized carbons (Fsp3) is 0.696. The highest BCUT2D eigenvalue weighted by Crippen LogP contribution is 2.28. The van der Waals surface area contributed by atoms with Gasteiger partial charge in [0, 0.05) is 46.4 Å². The molecule has 0 aromatic carbocycles. The highest BCUT2D eigenvalue weighted by atomic mass is 32.1. The van der Waals surface area contributed by atoms with Crippen molar-refractivity contribution in [3.8, 4) is 0 Å². The van der Waals surface area contributed by atoms with Gasteiger partial charge in [-0.2, -0.15) is 0 Å². The van der Waals surface area contributed by atoms with Gasteiger partial charge in [0.25, 0.3) is 5.56 Å². The Morgan fingerprint density at radius 1 is 1.35 bits per heavy atom. The number of aromatic amines is 1. The number of aromatic nitrogens is 2. The summed E-state index contributed by atoms with van der Waals surface area (Å²) in [6, 6.07) is 0. The molecular formula is C23H36N4O6S. The lowest BCUT2D eigenvalue weighted by Gasteiger charge is -2.31. The number of aliphatic hydroxyl groups is 1. The molecule has 190 valence electrons. The van der Waals surface area contributed by atoms with E-state index in [1.54, 1.807) is 27.9 Å². The lowest BCUT2D eigenvalue weighted by atomic mass is 10.2. The standard InChI is InChI=1S/C23H36N4O6S/c1-15(2)33-23(30)20-16(3)19-21(29)24-18(25-22(19)34-20)14-27(6-5-9-31-4)13-17(28)12-26-7-10-32-11-8-26/h15,17,28H,5-14H2,1-4H3,(H,24,25,29). The summed E-state index contributed by atoms with van der Waals surface area (Å²) in [7, 11) is 1.66. The predicted octanol–water partition coefficient (Wildman–Crippen LogP) is 1.39. The second kappa shape index (κ2) is 12.7. The van der Waals surface area contributed by atoms with Crippen LogP contribution in [0.15, 0.2) is 4.79 Å². The summed E-state index contributed by atoms with van der Waals surface area (Å²) in [5, 5.41) is 11.1. The number of rotatable bonds is 12. The molecule has 2 N–H and O–H groups in total. The molecule has 1 aliphatic heterocycles. The number of hydrogen-bond acceptors (Lipinski definition) is 10. The number of carbonyl (C=O) groups is 1. The van der Waals surface area contributed by atoms with Crippen LogP contribution in [0, 0.1) is 6.92 Å². The van der Waals surface area contributed by atoms with Crippen LogP contribution in [0.25, 0.3) is 10.2 Å². The molecule has 10 nitrogen and oxygen atoms in total. The highest BCUT2D eigenvalue weighted by molar-refractivity contribution is 7.20. The monoisotopic (exact) mass is 496 g/mol. The number of ether oxygens (including phenoxy) is 3. The van der Waals surface area contributed by atoms with Gasteiger partial charge in [-0.15, -0.1) is 11.3 Å². The van der Waals surface area contributed by atoms with Gasteiger partial charge < -0.3 is 24.3 Å². The van der Waals surface area contributed by atoms with Crippen molar-refractivity contribution in [3.63, 3.8) is 0 Å². The van der Waals surface area contributed by atoms with E-state index in [2.05, 4.69) is 19.8 Å². The van der Waals surface area contributed by atoms with Crippen molar-refractivity contribution in [3.05, 3.63) is 26.6 Å². The number of hydrogen-bond donors (Lipinski definition) is 2. The Bertz CT molecular complexity index is 1000. The number of thiophene rings is 1. The van der Waals surface area contributed by atoms with E-state index in [0.717, 1.165) is 19.5 Å². The van der Waals surface area contributed by atoms with Gasteiger partial charge in [0.15, 0.2) is 0 Å². The van der Waals surface area contributed by atoms with E-state index in [4.69, 9.17) is 14.2 Å². The third-order valence-electron chi connectivity index (χ3n) is 5.62. The van der Waals surface area contributed by atoms with Crippen LogP contribution in [0.2, 0.25) is 0 Å². The smallest absolute Gasteiger partial charge is 0.348 e. The first-order valence-corrected chi connectivity index (χ1v) is 12.5. The highest BCUT2D eigenvalue weighted by Gasteiger charge is 2.22. The Morgan fingerprint density at radius 2 is 2.09 bits per heavy atom. The number of nitrogens with zero attached hydrogens (tertiary/aromatic N) is 3. The van der Waals surface area contributed by atoms with Crippen molar-refractivity contribution in [2.24, 2.45) is 0 Å². The van der Waals surface area contributed by atoms with Crippen molar-refractivity contribution in [2.45, 2.75) is 45.9 Å². The summed E-state index contributed by atoms with van der Waals surface area (Å²) in [4.78, 5) is 38.0. The SMILES string of the molecule is COCCCN(Cc1nc2sc(C(=O)OC(C)C)c(C)c2c(=O)[nH]1)CC(O)CN1CCOCC1. The summed E-state index contributed by atoms with van der Waals surface area (Å²) in [5.41, 5.74) is 0.312. The van der Waals surface area contributed by atoms with Crippen LogP contribution >= 0.6 is 11.3 Å². The number of morpholine rings is 1. The molecule has 0 amide bonds. The molecule has 34 heavy (non-hydrogen) atoms. The van der Waals surface area contributed by atoms with E-state index in [9.17, 15) is 14.7 Å². The third-order valence-corrected chi connectivity index (χ3v) is 6.78. The fourth-order valence-corrected chi connectivity index (χ4v) is 5.13. The molecule has 1 unspecified atom stereocenters. The number of aliphatic hydroxyl groups excluding tert-OH is 1. The van der Waals surface area contributed by atoms with Crippen LogP contribution in [0.4, 0.5) is 0 Å². The minimum atomic E-state index is -0.544. The van der Waals surface area contributed by atoms with Crippen LogP contribution in [0.3, 0.4) is 0 Å². The van der Waals surface area contributed by atoms with Crippen LogP contribution < -0.4 is 5.56 Å². The van der Waals surface area contributed by atoms with Gasteiger partial charge in [-0.3, -0.25) is 14.6 Å². The van der Waals surface area contributed by atoms with E-state index in [0.29, 0.717) is 72.5 Å². The summed E-state index contributed by atoms with van der Waals surface area (Å²) in [5.74, 6) is 0.0578. The van der Waals surface area contributed by atoms with Gasteiger partial charge in [-0.05, 0) is 32.8 Å². The summed E-state index contributed by atoms with van der Waals surface area (Å²) in [6.45, 7) is 11.0. The summed E-state index contributed by atoms with van der Waals surface area (Å²) >= 11 is 1.18. The Hall–Kier alpha value is -1.89. The molecule has 0 saturated carbocycles. The van der Waals surface area contributed by atoms with Gasteiger partial charge >= 0.3 is 5.97 Å². The van der Waals surface area contributed by atoms with Crippen molar-refractivity contribution < 1.29 is 24.1 Å². The second-order valence-electron chi connectivity index (χ2n) is 8.85. The van der Waals surface area contributed by atoms with Crippen LogP contribution in [-0.2, 0) is 20.8 Å². The minimum absolute atomic E-state index is 0.247. The van der Waals surface area contributed by atoms with Crippen LogP contribution in [0.1, 0.15) is 41.3 Å². The molecule has 0 spiro atoms. The summed E-state index contributed by atoms with van der Waals surface area (Å²) < 4.78 is 15.9. The third kappa shape index (κ3) is 7.30. The number of methoxy groups -OCH3 is 1. The first kappa shape index (κ1) is 26.7. The zero-order valence-corrected chi connectivity index (χ0v) is 21.3. The number of esters is 1. The molecule has 2 aromatic rings. The molecule has 11 heteroatoms. The Labute approximate surface area is 203 Å². The van der Waals surface area contributed by atoms with Crippen LogP contribution in [0.5, 0.6) is 0 Å². The average Bonchev–Trinajstić information content (AvgIpc) is 3.11. The van der Waals surface area contributed by atoms with Crippen molar-refractivity contribution >= 4 is 27.5 Å². The lowest BCUT2D eigenvalue weighted by molar-refractivity contribution is 0.00550. The van der Waals surface area contributed by atoms with Gasteiger partial charge in [0.05, 0.1) is 37.4 Å². The molecule has 0 bridgehead atoms. The minimum Gasteiger partial charge on any atom is -0.459 e. The number of fused-ring (bicyclic) bond motifs is 1. The molecule has 1 atom stereocenters. The van der Waals surface area contributed by atoms with Crippen molar-refractivity contribution in [1.82, 2.24) is 19.8 Å². The zero-order chi connectivity index (χ0) is 24.7. The molecular weight excluding hydrogens is 460 g/mol. The average molecular weight is 497 g/mol. The maximum atomic E-state index is 12.9. The van der Waals surface area contributed by atoms with E-state index >= 15 is 0 Å². The number of carbonyl (C=O) groups excluding carboxylic acids is 1. The molecule has 1 saturated heterocycles. The van der Waals surface area contributed by atoms with Gasteiger partial charge in [0.2, 0.25) is 0 Å². The maximum Gasteiger partial charge on any atom is 0.348 e. The zero-order valence-electron chi connectivity index (χ0n) is 20.5. The molecule has 2 aromatic heterocycles. The van der Waals surface area contributed by atoms with Gasteiger partial charge in [-0.1, -0.05) is 0 Å². The molecule has 0 aliphatic carbocycles. The normalized spacial score (nSPS) is 16.0.